The Bertz CT molecular complexity index is 370. The van der Waals surface area contributed by atoms with E-state index in [4.69, 9.17) is 4.74 Å². The first-order valence-corrected chi connectivity index (χ1v) is 6.75. The molecule has 0 saturated carbocycles. The summed E-state index contributed by atoms with van der Waals surface area (Å²) in [7, 11) is 1.59. The van der Waals surface area contributed by atoms with E-state index in [2.05, 4.69) is 38.2 Å². The molecule has 2 nitrogen and oxygen atoms in total. The fraction of sp³-hybridized carbons (Fsp3) is 0.500. The first-order chi connectivity index (χ1) is 7.04. The van der Waals surface area contributed by atoms with Crippen molar-refractivity contribution in [2.24, 2.45) is 0 Å². The molecule has 0 unspecified atom stereocenters. The molecule has 82 valence electrons. The maximum Gasteiger partial charge on any atom is 0.128 e. The number of hydrogen-bond acceptors (Lipinski definition) is 2. The van der Waals surface area contributed by atoms with Crippen LogP contribution in [0.4, 0.5) is 5.69 Å². The summed E-state index contributed by atoms with van der Waals surface area (Å²) in [6.07, 6.45) is 1.08. The molecule has 0 aliphatic carbocycles. The van der Waals surface area contributed by atoms with Crippen LogP contribution in [0.5, 0.6) is 5.75 Å². The minimum Gasteiger partial charge on any atom is -0.496 e. The van der Waals surface area contributed by atoms with Crippen LogP contribution in [0.1, 0.15) is 20.8 Å². The van der Waals surface area contributed by atoms with Crippen molar-refractivity contribution in [2.75, 3.05) is 18.7 Å². The summed E-state index contributed by atoms with van der Waals surface area (Å²) >= 11 is 0. The van der Waals surface area contributed by atoms with Crippen molar-refractivity contribution in [3.05, 3.63) is 18.2 Å². The molecular formula is C12H18NOP. The zero-order chi connectivity index (χ0) is 11.1. The van der Waals surface area contributed by atoms with Gasteiger partial charge in [-0.3, -0.25) is 0 Å². The van der Waals surface area contributed by atoms with Crippen molar-refractivity contribution in [1.82, 2.24) is 0 Å². The van der Waals surface area contributed by atoms with Crippen LogP contribution in [0, 0.1) is 0 Å². The largest absolute Gasteiger partial charge is 0.496 e. The Morgan fingerprint density at radius 2 is 2.07 bits per heavy atom. The minimum atomic E-state index is -0.165. The summed E-state index contributed by atoms with van der Waals surface area (Å²) in [5.74, 6) is 1.04. The fourth-order valence-corrected chi connectivity index (χ4v) is 4.43. The maximum absolute atomic E-state index is 5.46. The average molecular weight is 223 g/mol. The Hall–Kier alpha value is -0.750. The Kier molecular flexibility index (Phi) is 2.64. The van der Waals surface area contributed by atoms with E-state index in [1.165, 1.54) is 11.0 Å². The molecule has 0 aromatic heterocycles. The molecule has 0 bridgehead atoms. The van der Waals surface area contributed by atoms with Gasteiger partial charge in [-0.25, -0.2) is 0 Å². The van der Waals surface area contributed by atoms with Crippen molar-refractivity contribution in [3.63, 3.8) is 0 Å². The van der Waals surface area contributed by atoms with E-state index in [0.29, 0.717) is 5.16 Å². The highest BCUT2D eigenvalue weighted by atomic mass is 31.1. The maximum atomic E-state index is 5.46. The molecule has 0 amide bonds. The number of methoxy groups -OCH3 is 1. The van der Waals surface area contributed by atoms with Crippen molar-refractivity contribution >= 4 is 18.9 Å². The number of rotatable bonds is 1. The van der Waals surface area contributed by atoms with Crippen LogP contribution in [0.3, 0.4) is 0 Å². The van der Waals surface area contributed by atoms with Gasteiger partial charge in [0.1, 0.15) is 5.75 Å². The molecule has 1 atom stereocenters. The molecule has 0 radical (unpaired) electrons. The van der Waals surface area contributed by atoms with Gasteiger partial charge in [-0.1, -0.05) is 26.8 Å². The zero-order valence-electron chi connectivity index (χ0n) is 9.79. The highest BCUT2D eigenvalue weighted by Gasteiger charge is 2.34. The van der Waals surface area contributed by atoms with Gasteiger partial charge in [-0.15, -0.1) is 0 Å². The van der Waals surface area contributed by atoms with Crippen LogP contribution < -0.4 is 15.4 Å². The van der Waals surface area contributed by atoms with E-state index in [9.17, 15) is 0 Å². The number of ether oxygens (including phenoxy) is 1. The van der Waals surface area contributed by atoms with Gasteiger partial charge < -0.3 is 10.1 Å². The monoisotopic (exact) mass is 223 g/mol. The van der Waals surface area contributed by atoms with Crippen LogP contribution in [-0.2, 0) is 0 Å². The lowest BCUT2D eigenvalue weighted by Gasteiger charge is -2.28. The summed E-state index contributed by atoms with van der Waals surface area (Å²) in [4.78, 5) is 0. The molecule has 1 aromatic rings. The predicted octanol–water partition coefficient (Wildman–Crippen LogP) is 2.98. The first-order valence-electron chi connectivity index (χ1n) is 5.22. The second-order valence-corrected chi connectivity index (χ2v) is 7.75. The SMILES string of the molecule is COc1cccc2c1[P@@](C(C)(C)C)CN2. The topological polar surface area (TPSA) is 21.3 Å². The zero-order valence-corrected chi connectivity index (χ0v) is 10.7. The molecule has 2 rings (SSSR count). The third kappa shape index (κ3) is 1.83. The van der Waals surface area contributed by atoms with Gasteiger partial charge in [0.2, 0.25) is 0 Å². The van der Waals surface area contributed by atoms with E-state index in [0.717, 1.165) is 12.0 Å². The van der Waals surface area contributed by atoms with Gasteiger partial charge >= 0.3 is 0 Å². The van der Waals surface area contributed by atoms with Crippen molar-refractivity contribution in [3.8, 4) is 5.75 Å². The van der Waals surface area contributed by atoms with Gasteiger partial charge in [0.05, 0.1) is 7.11 Å². The van der Waals surface area contributed by atoms with Gasteiger partial charge in [0, 0.05) is 17.3 Å². The van der Waals surface area contributed by atoms with Crippen LogP contribution in [0.25, 0.3) is 0 Å². The van der Waals surface area contributed by atoms with Gasteiger partial charge in [0.25, 0.3) is 0 Å². The summed E-state index contributed by atoms with van der Waals surface area (Å²) in [6.45, 7) is 6.92. The Balaban J connectivity index is 2.48. The van der Waals surface area contributed by atoms with E-state index < -0.39 is 0 Å². The van der Waals surface area contributed by atoms with E-state index in [1.807, 2.05) is 6.07 Å². The van der Waals surface area contributed by atoms with Crippen LogP contribution >= 0.6 is 7.92 Å². The van der Waals surface area contributed by atoms with Gasteiger partial charge in [0.15, 0.2) is 0 Å². The number of benzene rings is 1. The number of hydrogen-bond donors (Lipinski definition) is 1. The molecular weight excluding hydrogens is 205 g/mol. The summed E-state index contributed by atoms with van der Waals surface area (Å²) in [5, 5.41) is 5.22. The Morgan fingerprint density at radius 1 is 1.33 bits per heavy atom. The smallest absolute Gasteiger partial charge is 0.128 e. The molecule has 1 aliphatic rings. The van der Waals surface area contributed by atoms with Crippen LogP contribution in [0.2, 0.25) is 0 Å². The van der Waals surface area contributed by atoms with Crippen LogP contribution in [-0.4, -0.2) is 18.6 Å². The summed E-state index contributed by atoms with van der Waals surface area (Å²) in [5.41, 5.74) is 1.26. The summed E-state index contributed by atoms with van der Waals surface area (Å²) < 4.78 is 5.46. The normalized spacial score (nSPS) is 19.6. The van der Waals surface area contributed by atoms with Crippen molar-refractivity contribution in [2.45, 2.75) is 25.9 Å². The standard InChI is InChI=1S/C12H18NOP/c1-12(2,3)15-8-13-9-6-5-7-10(14-4)11(9)15/h5-7,13H,8H2,1-4H3/t15-/m0/s1. The highest BCUT2D eigenvalue weighted by Crippen LogP contribution is 2.54. The first kappa shape index (κ1) is 10.8. The molecule has 3 heteroatoms. The van der Waals surface area contributed by atoms with Gasteiger partial charge in [-0.2, -0.15) is 0 Å². The second kappa shape index (κ2) is 3.68. The minimum absolute atomic E-state index is 0.165. The molecule has 1 N–H and O–H groups in total. The molecule has 15 heavy (non-hydrogen) atoms. The van der Waals surface area contributed by atoms with E-state index >= 15 is 0 Å². The lowest BCUT2D eigenvalue weighted by atomic mass is 10.2. The lowest BCUT2D eigenvalue weighted by Crippen LogP contribution is -2.19. The molecule has 1 aliphatic heterocycles. The third-order valence-corrected chi connectivity index (χ3v) is 5.82. The van der Waals surface area contributed by atoms with Crippen molar-refractivity contribution in [1.29, 1.82) is 0 Å². The number of nitrogens with one attached hydrogen (secondary N) is 1. The molecule has 1 heterocycles. The van der Waals surface area contributed by atoms with E-state index in [-0.39, 0.29) is 7.92 Å². The predicted molar refractivity (Wildman–Crippen MR) is 67.8 cm³/mol. The molecule has 1 aromatic carbocycles. The molecule has 0 fully saturated rings. The average Bonchev–Trinajstić information content (AvgIpc) is 2.59. The van der Waals surface area contributed by atoms with Gasteiger partial charge in [-0.05, 0) is 25.2 Å². The van der Waals surface area contributed by atoms with Crippen molar-refractivity contribution < 1.29 is 4.74 Å². The Morgan fingerprint density at radius 3 is 2.67 bits per heavy atom. The molecule has 0 spiro atoms. The second-order valence-electron chi connectivity index (χ2n) is 4.79. The highest BCUT2D eigenvalue weighted by molar-refractivity contribution is 7.68. The Labute approximate surface area is 92.8 Å². The lowest BCUT2D eigenvalue weighted by molar-refractivity contribution is 0.418. The number of fused-ring (bicyclic) bond motifs is 1. The fourth-order valence-electron chi connectivity index (χ4n) is 1.92. The van der Waals surface area contributed by atoms with E-state index in [1.54, 1.807) is 7.11 Å². The molecule has 0 saturated heterocycles. The quantitative estimate of drug-likeness (QED) is 0.739. The third-order valence-electron chi connectivity index (χ3n) is 2.73. The number of anilines is 1. The summed E-state index contributed by atoms with van der Waals surface area (Å²) in [6, 6.07) is 6.25. The van der Waals surface area contributed by atoms with Crippen LogP contribution in [0.15, 0.2) is 18.2 Å².